The van der Waals surface area contributed by atoms with Gasteiger partial charge in [-0.25, -0.2) is 0 Å². The Morgan fingerprint density at radius 1 is 0.828 bits per heavy atom. The Morgan fingerprint density at radius 2 is 1.45 bits per heavy atom. The minimum absolute atomic E-state index is 0.163. The van der Waals surface area contributed by atoms with E-state index >= 15 is 0 Å². The van der Waals surface area contributed by atoms with Crippen LogP contribution in [0.15, 0.2) is 78.9 Å². The summed E-state index contributed by atoms with van der Waals surface area (Å²) < 4.78 is 5.24. The number of benzene rings is 3. The number of carbonyl (C=O) groups excluding carboxylic acids is 2. The number of rotatable bonds is 7. The van der Waals surface area contributed by atoms with E-state index in [0.29, 0.717) is 11.5 Å². The van der Waals surface area contributed by atoms with Crippen molar-refractivity contribution in [1.82, 2.24) is 5.32 Å². The molecule has 4 heteroatoms. The van der Waals surface area contributed by atoms with Gasteiger partial charge in [0.05, 0.1) is 0 Å². The molecule has 0 saturated carbocycles. The molecular weight excluding hydrogens is 362 g/mol. The maximum Gasteiger partial charge on any atom is 0.325 e. The average molecular weight is 387 g/mol. The summed E-state index contributed by atoms with van der Waals surface area (Å²) in [5.74, 6) is -0.307. The summed E-state index contributed by atoms with van der Waals surface area (Å²) in [6.45, 7) is 4.29. The van der Waals surface area contributed by atoms with E-state index in [1.54, 1.807) is 12.1 Å². The maximum absolute atomic E-state index is 12.3. The fourth-order valence-electron chi connectivity index (χ4n) is 2.91. The molecule has 1 amide bonds. The summed E-state index contributed by atoms with van der Waals surface area (Å²) in [7, 11) is 0. The number of carbonyl (C=O) groups is 2. The smallest absolute Gasteiger partial charge is 0.325 e. The molecule has 29 heavy (non-hydrogen) atoms. The van der Waals surface area contributed by atoms with Crippen molar-refractivity contribution >= 4 is 11.9 Å². The zero-order chi connectivity index (χ0) is 20.6. The third kappa shape index (κ3) is 5.79. The molecule has 3 rings (SSSR count). The summed E-state index contributed by atoms with van der Waals surface area (Å²) in [6.07, 6.45) is 0. The number of esters is 1. The number of hydrogen-bond acceptors (Lipinski definition) is 3. The van der Waals surface area contributed by atoms with Crippen LogP contribution in [0, 0.1) is 0 Å². The van der Waals surface area contributed by atoms with Crippen molar-refractivity contribution in [3.63, 3.8) is 0 Å². The topological polar surface area (TPSA) is 55.4 Å². The molecule has 0 radical (unpaired) electrons. The van der Waals surface area contributed by atoms with E-state index in [4.69, 9.17) is 4.74 Å². The second-order valence-electron chi connectivity index (χ2n) is 7.18. The van der Waals surface area contributed by atoms with Crippen LogP contribution in [-0.4, -0.2) is 18.4 Å². The fourth-order valence-corrected chi connectivity index (χ4v) is 2.91. The monoisotopic (exact) mass is 387 g/mol. The van der Waals surface area contributed by atoms with Crippen molar-refractivity contribution in [2.24, 2.45) is 0 Å². The van der Waals surface area contributed by atoms with Gasteiger partial charge in [-0.2, -0.15) is 0 Å². The zero-order valence-electron chi connectivity index (χ0n) is 16.7. The van der Waals surface area contributed by atoms with Crippen LogP contribution >= 0.6 is 0 Å². The Morgan fingerprint density at radius 3 is 2.07 bits per heavy atom. The van der Waals surface area contributed by atoms with E-state index < -0.39 is 5.97 Å². The van der Waals surface area contributed by atoms with Gasteiger partial charge in [-0.15, -0.1) is 0 Å². The number of nitrogens with one attached hydrogen (secondary N) is 1. The molecule has 0 aliphatic heterocycles. The van der Waals surface area contributed by atoms with Crippen molar-refractivity contribution in [3.05, 3.63) is 95.6 Å². The highest BCUT2D eigenvalue weighted by atomic mass is 16.5. The molecule has 0 bridgehead atoms. The van der Waals surface area contributed by atoms with Crippen LogP contribution in [0.4, 0.5) is 0 Å². The van der Waals surface area contributed by atoms with Gasteiger partial charge in [-0.05, 0) is 40.3 Å². The first-order chi connectivity index (χ1) is 14.0. The maximum atomic E-state index is 12.3. The zero-order valence-corrected chi connectivity index (χ0v) is 16.7. The first-order valence-corrected chi connectivity index (χ1v) is 9.71. The molecule has 0 spiro atoms. The van der Waals surface area contributed by atoms with Crippen LogP contribution in [0.1, 0.15) is 41.3 Å². The van der Waals surface area contributed by atoms with Crippen molar-refractivity contribution in [1.29, 1.82) is 0 Å². The third-order valence-corrected chi connectivity index (χ3v) is 4.69. The summed E-state index contributed by atoms with van der Waals surface area (Å²) in [5.41, 5.74) is 4.78. The normalized spacial score (nSPS) is 10.6. The Balaban J connectivity index is 1.46. The van der Waals surface area contributed by atoms with E-state index in [1.165, 1.54) is 5.56 Å². The van der Waals surface area contributed by atoms with Crippen molar-refractivity contribution < 1.29 is 14.3 Å². The van der Waals surface area contributed by atoms with E-state index in [0.717, 1.165) is 16.7 Å². The summed E-state index contributed by atoms with van der Waals surface area (Å²) in [5, 5.41) is 2.60. The Kier molecular flexibility index (Phi) is 6.80. The second-order valence-corrected chi connectivity index (χ2v) is 7.18. The SMILES string of the molecule is CC(C)c1ccc(COC(=O)CNC(=O)c2ccc(-c3ccccc3)cc2)cc1. The van der Waals surface area contributed by atoms with Gasteiger partial charge in [0.2, 0.25) is 0 Å². The summed E-state index contributed by atoms with van der Waals surface area (Å²) in [4.78, 5) is 24.2. The highest BCUT2D eigenvalue weighted by Crippen LogP contribution is 2.19. The lowest BCUT2D eigenvalue weighted by molar-refractivity contribution is -0.143. The summed E-state index contributed by atoms with van der Waals surface area (Å²) >= 11 is 0. The van der Waals surface area contributed by atoms with Gasteiger partial charge in [0, 0.05) is 5.56 Å². The first kappa shape index (κ1) is 20.3. The van der Waals surface area contributed by atoms with Crippen molar-refractivity contribution in [2.75, 3.05) is 6.54 Å². The lowest BCUT2D eigenvalue weighted by Gasteiger charge is -2.09. The number of ether oxygens (including phenoxy) is 1. The molecule has 0 aromatic heterocycles. The van der Waals surface area contributed by atoms with E-state index in [-0.39, 0.29) is 19.1 Å². The molecular formula is C25H25NO3. The largest absolute Gasteiger partial charge is 0.460 e. The van der Waals surface area contributed by atoms with Crippen molar-refractivity contribution in [3.8, 4) is 11.1 Å². The molecule has 0 saturated heterocycles. The second kappa shape index (κ2) is 9.69. The Labute approximate surface area is 171 Å². The van der Waals surface area contributed by atoms with E-state index in [2.05, 4.69) is 19.2 Å². The molecule has 1 N–H and O–H groups in total. The van der Waals surface area contributed by atoms with Gasteiger partial charge in [0.15, 0.2) is 0 Å². The molecule has 0 fully saturated rings. The predicted octanol–water partition coefficient (Wildman–Crippen LogP) is 4.95. The summed E-state index contributed by atoms with van der Waals surface area (Å²) in [6, 6.07) is 25.2. The molecule has 0 atom stereocenters. The van der Waals surface area contributed by atoms with Crippen LogP contribution in [-0.2, 0) is 16.1 Å². The lowest BCUT2D eigenvalue weighted by Crippen LogP contribution is -2.30. The minimum Gasteiger partial charge on any atom is -0.460 e. The fraction of sp³-hybridized carbons (Fsp3) is 0.200. The first-order valence-electron chi connectivity index (χ1n) is 9.71. The predicted molar refractivity (Wildman–Crippen MR) is 115 cm³/mol. The van der Waals surface area contributed by atoms with E-state index in [9.17, 15) is 9.59 Å². The quantitative estimate of drug-likeness (QED) is 0.584. The molecule has 148 valence electrons. The van der Waals surface area contributed by atoms with Crippen LogP contribution in [0.5, 0.6) is 0 Å². The highest BCUT2D eigenvalue weighted by molar-refractivity contribution is 5.96. The minimum atomic E-state index is -0.466. The molecule has 0 unspecified atom stereocenters. The molecule has 0 aliphatic rings. The highest BCUT2D eigenvalue weighted by Gasteiger charge is 2.10. The molecule has 3 aromatic carbocycles. The van der Waals surface area contributed by atoms with Gasteiger partial charge < -0.3 is 10.1 Å². The molecule has 0 aliphatic carbocycles. The molecule has 3 aromatic rings. The van der Waals surface area contributed by atoms with Gasteiger partial charge in [0.25, 0.3) is 5.91 Å². The van der Waals surface area contributed by atoms with Gasteiger partial charge >= 0.3 is 5.97 Å². The van der Waals surface area contributed by atoms with Gasteiger partial charge in [0.1, 0.15) is 13.2 Å². The lowest BCUT2D eigenvalue weighted by atomic mass is 10.0. The number of amides is 1. The molecule has 0 heterocycles. The van der Waals surface area contributed by atoms with E-state index in [1.807, 2.05) is 66.7 Å². The average Bonchev–Trinajstić information content (AvgIpc) is 2.77. The Bertz CT molecular complexity index is 946. The van der Waals surface area contributed by atoms with Crippen LogP contribution in [0.3, 0.4) is 0 Å². The Hall–Kier alpha value is -3.40. The van der Waals surface area contributed by atoms with Crippen molar-refractivity contribution in [2.45, 2.75) is 26.4 Å². The van der Waals surface area contributed by atoms with Crippen LogP contribution in [0.25, 0.3) is 11.1 Å². The van der Waals surface area contributed by atoms with Crippen LogP contribution in [0.2, 0.25) is 0 Å². The number of hydrogen-bond donors (Lipinski definition) is 1. The standard InChI is InChI=1S/C25H25NO3/c1-18(2)20-10-8-19(9-11-20)17-29-24(27)16-26-25(28)23-14-12-22(13-15-23)21-6-4-3-5-7-21/h3-15,18H,16-17H2,1-2H3,(H,26,28). The molecule has 4 nitrogen and oxygen atoms in total. The van der Waals surface area contributed by atoms with Gasteiger partial charge in [-0.3, -0.25) is 9.59 Å². The third-order valence-electron chi connectivity index (χ3n) is 4.69. The van der Waals surface area contributed by atoms with Crippen LogP contribution < -0.4 is 5.32 Å². The van der Waals surface area contributed by atoms with Gasteiger partial charge in [-0.1, -0.05) is 80.6 Å².